The molecule has 2 atom stereocenters. The number of hydrogen-bond donors (Lipinski definition) is 2. The van der Waals surface area contributed by atoms with E-state index in [1.54, 1.807) is 6.92 Å². The Kier molecular flexibility index (Phi) is 5.51. The van der Waals surface area contributed by atoms with E-state index in [1.165, 1.54) is 22.5 Å². The van der Waals surface area contributed by atoms with Crippen molar-refractivity contribution in [2.75, 3.05) is 30.3 Å². The molecule has 0 radical (unpaired) electrons. The molecule has 7 nitrogen and oxygen atoms in total. The van der Waals surface area contributed by atoms with Crippen molar-refractivity contribution in [3.05, 3.63) is 28.8 Å². The highest BCUT2D eigenvalue weighted by molar-refractivity contribution is 7.92. The van der Waals surface area contributed by atoms with Crippen molar-refractivity contribution >= 4 is 33.3 Å². The van der Waals surface area contributed by atoms with Crippen LogP contribution in [0.4, 0.5) is 5.69 Å². The molecule has 1 aromatic rings. The van der Waals surface area contributed by atoms with Gasteiger partial charge in [-0.1, -0.05) is 11.6 Å². The summed E-state index contributed by atoms with van der Waals surface area (Å²) in [6, 6.07) is 3.61. The molecule has 23 heavy (non-hydrogen) atoms. The van der Waals surface area contributed by atoms with Crippen LogP contribution in [0.5, 0.6) is 0 Å². The first-order chi connectivity index (χ1) is 10.7. The van der Waals surface area contributed by atoms with E-state index < -0.39 is 22.0 Å². The zero-order chi connectivity index (χ0) is 17.2. The number of anilines is 1. The number of nitrogens with one attached hydrogen (secondary N) is 1. The smallest absolute Gasteiger partial charge is 0.337 e. The second-order valence-electron chi connectivity index (χ2n) is 5.38. The number of carbonyl (C=O) groups is 1. The lowest BCUT2D eigenvalue weighted by atomic mass is 10.1. The van der Waals surface area contributed by atoms with Gasteiger partial charge in [0.2, 0.25) is 10.0 Å². The van der Waals surface area contributed by atoms with Gasteiger partial charge in [-0.15, -0.1) is 0 Å². The monoisotopic (exact) mass is 362 g/mol. The van der Waals surface area contributed by atoms with E-state index in [0.29, 0.717) is 18.8 Å². The minimum Gasteiger partial charge on any atom is -0.478 e. The molecule has 1 fully saturated rings. The van der Waals surface area contributed by atoms with Crippen LogP contribution in [0, 0.1) is 0 Å². The first kappa shape index (κ1) is 18.0. The van der Waals surface area contributed by atoms with Crippen LogP contribution in [0.2, 0.25) is 5.02 Å². The molecule has 0 aliphatic carbocycles. The number of halogens is 1. The van der Waals surface area contributed by atoms with Crippen LogP contribution in [0.25, 0.3) is 0 Å². The van der Waals surface area contributed by atoms with Crippen LogP contribution < -0.4 is 9.62 Å². The molecule has 1 aromatic carbocycles. The normalized spacial score (nSPS) is 20.0. The van der Waals surface area contributed by atoms with E-state index in [2.05, 4.69) is 5.32 Å². The number of hydrogen-bond acceptors (Lipinski definition) is 5. The molecule has 1 saturated heterocycles. The summed E-state index contributed by atoms with van der Waals surface area (Å²) in [5.74, 6) is -1.17. The summed E-state index contributed by atoms with van der Waals surface area (Å²) >= 11 is 5.96. The molecule has 0 aromatic heterocycles. The molecule has 9 heteroatoms. The lowest BCUT2D eigenvalue weighted by Gasteiger charge is -2.36. The first-order valence-electron chi connectivity index (χ1n) is 7.06. The lowest BCUT2D eigenvalue weighted by Crippen LogP contribution is -2.52. The van der Waals surface area contributed by atoms with Crippen LogP contribution in [0.3, 0.4) is 0 Å². The van der Waals surface area contributed by atoms with Gasteiger partial charge in [-0.25, -0.2) is 13.2 Å². The Morgan fingerprint density at radius 2 is 2.22 bits per heavy atom. The average Bonchev–Trinajstić information content (AvgIpc) is 2.46. The molecule has 0 bridgehead atoms. The Labute approximate surface area is 140 Å². The largest absolute Gasteiger partial charge is 0.478 e. The summed E-state index contributed by atoms with van der Waals surface area (Å²) in [7, 11) is -3.60. The van der Waals surface area contributed by atoms with Crippen LogP contribution >= 0.6 is 11.6 Å². The number of carboxylic acids is 1. The van der Waals surface area contributed by atoms with Crippen molar-refractivity contribution in [2.24, 2.45) is 0 Å². The lowest BCUT2D eigenvalue weighted by molar-refractivity contribution is 0.0173. The quantitative estimate of drug-likeness (QED) is 0.816. The maximum atomic E-state index is 12.2. The molecule has 2 N–H and O–H groups in total. The van der Waals surface area contributed by atoms with Crippen molar-refractivity contribution in [2.45, 2.75) is 19.1 Å². The standard InChI is InChI=1S/C14H19ClN2O5S/c1-9(13-8-16-5-6-22-13)17(23(2,20)21)10-3-4-11(14(18)19)12(15)7-10/h3-4,7,9,13,16H,5-6,8H2,1-2H3,(H,18,19). The number of carboxylic acid groups (broad SMARTS) is 1. The van der Waals surface area contributed by atoms with Gasteiger partial charge in [0.1, 0.15) is 0 Å². The second kappa shape index (κ2) is 7.04. The van der Waals surface area contributed by atoms with Gasteiger partial charge in [0.15, 0.2) is 0 Å². The van der Waals surface area contributed by atoms with Gasteiger partial charge in [-0.2, -0.15) is 0 Å². The summed E-state index contributed by atoms with van der Waals surface area (Å²) in [6.07, 6.45) is 0.787. The summed E-state index contributed by atoms with van der Waals surface area (Å²) in [6.45, 7) is 3.51. The molecule has 2 unspecified atom stereocenters. The average molecular weight is 363 g/mol. The van der Waals surface area contributed by atoms with E-state index in [-0.39, 0.29) is 16.7 Å². The molecule has 1 aliphatic rings. The van der Waals surface area contributed by atoms with E-state index in [4.69, 9.17) is 21.4 Å². The highest BCUT2D eigenvalue weighted by atomic mass is 35.5. The van der Waals surface area contributed by atoms with Crippen molar-refractivity contribution in [1.29, 1.82) is 0 Å². The highest BCUT2D eigenvalue weighted by Gasteiger charge is 2.32. The number of aromatic carboxylic acids is 1. The number of ether oxygens (including phenoxy) is 1. The molecule has 0 spiro atoms. The minimum atomic E-state index is -3.60. The zero-order valence-corrected chi connectivity index (χ0v) is 14.4. The summed E-state index contributed by atoms with van der Waals surface area (Å²) in [4.78, 5) is 11.0. The third-order valence-electron chi connectivity index (χ3n) is 3.66. The van der Waals surface area contributed by atoms with Gasteiger partial charge < -0.3 is 15.2 Å². The maximum absolute atomic E-state index is 12.2. The SMILES string of the molecule is CC(C1CNCCO1)N(c1ccc(C(=O)O)c(Cl)c1)S(C)(=O)=O. The second-order valence-corrected chi connectivity index (χ2v) is 7.65. The molecule has 0 amide bonds. The molecule has 2 rings (SSSR count). The van der Waals surface area contributed by atoms with Crippen LogP contribution in [-0.2, 0) is 14.8 Å². The van der Waals surface area contributed by atoms with E-state index in [9.17, 15) is 13.2 Å². The number of morpholine rings is 1. The Morgan fingerprint density at radius 3 is 2.70 bits per heavy atom. The predicted molar refractivity (Wildman–Crippen MR) is 87.8 cm³/mol. The van der Waals surface area contributed by atoms with Crippen molar-refractivity contribution in [1.82, 2.24) is 5.32 Å². The van der Waals surface area contributed by atoms with Gasteiger partial charge in [0, 0.05) is 13.1 Å². The minimum absolute atomic E-state index is 0.0152. The van der Waals surface area contributed by atoms with E-state index in [0.717, 1.165) is 12.8 Å². The molecule has 1 heterocycles. The molecule has 128 valence electrons. The van der Waals surface area contributed by atoms with Crippen LogP contribution in [0.15, 0.2) is 18.2 Å². The topological polar surface area (TPSA) is 95.9 Å². The summed E-state index contributed by atoms with van der Waals surface area (Å²) in [5.41, 5.74) is 0.233. The Morgan fingerprint density at radius 1 is 1.52 bits per heavy atom. The number of nitrogens with zero attached hydrogens (tertiary/aromatic N) is 1. The fourth-order valence-corrected chi connectivity index (χ4v) is 4.08. The first-order valence-corrected chi connectivity index (χ1v) is 9.29. The zero-order valence-electron chi connectivity index (χ0n) is 12.8. The van der Waals surface area contributed by atoms with Crippen molar-refractivity contribution < 1.29 is 23.1 Å². The van der Waals surface area contributed by atoms with Crippen molar-refractivity contribution in [3.8, 4) is 0 Å². The highest BCUT2D eigenvalue weighted by Crippen LogP contribution is 2.28. The summed E-state index contributed by atoms with van der Waals surface area (Å²) in [5, 5.41) is 12.2. The van der Waals surface area contributed by atoms with E-state index >= 15 is 0 Å². The van der Waals surface area contributed by atoms with E-state index in [1.807, 2.05) is 0 Å². The van der Waals surface area contributed by atoms with Crippen LogP contribution in [0.1, 0.15) is 17.3 Å². The Bertz CT molecular complexity index is 688. The molecular weight excluding hydrogens is 344 g/mol. The van der Waals surface area contributed by atoms with Crippen LogP contribution in [-0.4, -0.2) is 57.6 Å². The summed E-state index contributed by atoms with van der Waals surface area (Å²) < 4.78 is 31.3. The number of rotatable bonds is 5. The third kappa shape index (κ3) is 4.14. The fourth-order valence-electron chi connectivity index (χ4n) is 2.59. The predicted octanol–water partition coefficient (Wildman–Crippen LogP) is 1.18. The number of sulfonamides is 1. The maximum Gasteiger partial charge on any atom is 0.337 e. The Balaban J connectivity index is 2.39. The van der Waals surface area contributed by atoms with Gasteiger partial charge in [-0.3, -0.25) is 4.31 Å². The molecular formula is C14H19ClN2O5S. The van der Waals surface area contributed by atoms with Gasteiger partial charge in [0.05, 0.1) is 41.3 Å². The van der Waals surface area contributed by atoms with Crippen molar-refractivity contribution in [3.63, 3.8) is 0 Å². The number of benzene rings is 1. The Hall–Kier alpha value is -1.35. The van der Waals surface area contributed by atoms with Gasteiger partial charge in [-0.05, 0) is 25.1 Å². The third-order valence-corrected chi connectivity index (χ3v) is 5.23. The molecule has 0 saturated carbocycles. The molecule has 1 aliphatic heterocycles. The fraction of sp³-hybridized carbons (Fsp3) is 0.500. The van der Waals surface area contributed by atoms with Gasteiger partial charge in [0.25, 0.3) is 0 Å². The van der Waals surface area contributed by atoms with Gasteiger partial charge >= 0.3 is 5.97 Å².